The summed E-state index contributed by atoms with van der Waals surface area (Å²) >= 11 is 0. The van der Waals surface area contributed by atoms with E-state index in [9.17, 15) is 4.79 Å². The van der Waals surface area contributed by atoms with Crippen molar-refractivity contribution in [3.8, 4) is 0 Å². The summed E-state index contributed by atoms with van der Waals surface area (Å²) in [5.74, 6) is -0.125. The Morgan fingerprint density at radius 1 is 1.44 bits per heavy atom. The lowest BCUT2D eigenvalue weighted by Crippen LogP contribution is -2.45. The van der Waals surface area contributed by atoms with Crippen LogP contribution in [0.15, 0.2) is 24.3 Å². The predicted octanol–water partition coefficient (Wildman–Crippen LogP) is 1.27. The number of para-hydroxylation sites is 1. The maximum Gasteiger partial charge on any atom is 0.354 e. The van der Waals surface area contributed by atoms with Crippen LogP contribution in [0.3, 0.4) is 0 Å². The molecule has 0 aliphatic carbocycles. The molecule has 3 atom stereocenters. The van der Waals surface area contributed by atoms with Crippen molar-refractivity contribution in [2.24, 2.45) is 0 Å². The molecular weight excluding hydrogens is 204 g/mol. The average molecular weight is 216 g/mol. The molecule has 1 aromatic carbocycles. The lowest BCUT2D eigenvalue weighted by Gasteiger charge is -2.33. The number of nitrogens with zero attached hydrogens (tertiary/aromatic N) is 2. The molecule has 0 aromatic heterocycles. The van der Waals surface area contributed by atoms with Gasteiger partial charge in [-0.3, -0.25) is 5.01 Å². The molecule has 0 spiro atoms. The molecule has 2 saturated heterocycles. The molecule has 1 aromatic rings. The van der Waals surface area contributed by atoms with Gasteiger partial charge in [0.15, 0.2) is 5.54 Å². The SMILES string of the molecule is C[C@]12C[C@@H]3Cc4ccccc4N1N3OC2=O. The van der Waals surface area contributed by atoms with Crippen molar-refractivity contribution in [2.75, 3.05) is 5.01 Å². The first kappa shape index (κ1) is 8.58. The van der Waals surface area contributed by atoms with E-state index >= 15 is 0 Å². The first-order chi connectivity index (χ1) is 7.70. The largest absolute Gasteiger partial charge is 0.354 e. The lowest BCUT2D eigenvalue weighted by atomic mass is 9.94. The smallest absolute Gasteiger partial charge is 0.345 e. The van der Waals surface area contributed by atoms with E-state index in [2.05, 4.69) is 12.1 Å². The third-order valence-corrected chi connectivity index (χ3v) is 3.90. The molecule has 4 heteroatoms. The Hall–Kier alpha value is -1.55. The molecular formula is C12H12N2O2. The minimum atomic E-state index is -0.489. The highest BCUT2D eigenvalue weighted by Gasteiger charge is 2.63. The number of anilines is 1. The van der Waals surface area contributed by atoms with Crippen LogP contribution in [0.25, 0.3) is 0 Å². The van der Waals surface area contributed by atoms with Gasteiger partial charge in [-0.25, -0.2) is 4.79 Å². The predicted molar refractivity (Wildman–Crippen MR) is 57.4 cm³/mol. The molecule has 16 heavy (non-hydrogen) atoms. The van der Waals surface area contributed by atoms with Gasteiger partial charge in [0.1, 0.15) is 0 Å². The van der Waals surface area contributed by atoms with Gasteiger partial charge < -0.3 is 4.84 Å². The van der Waals surface area contributed by atoms with E-state index in [4.69, 9.17) is 4.84 Å². The van der Waals surface area contributed by atoms with Gasteiger partial charge in [-0.1, -0.05) is 18.2 Å². The number of hydrogen-bond donors (Lipinski definition) is 0. The molecule has 0 saturated carbocycles. The molecule has 4 nitrogen and oxygen atoms in total. The summed E-state index contributed by atoms with van der Waals surface area (Å²) < 4.78 is 0. The molecule has 0 amide bonds. The highest BCUT2D eigenvalue weighted by molar-refractivity contribution is 5.89. The molecule has 1 unspecified atom stereocenters. The number of hydrogen-bond acceptors (Lipinski definition) is 4. The van der Waals surface area contributed by atoms with Crippen molar-refractivity contribution in [2.45, 2.75) is 31.3 Å². The highest BCUT2D eigenvalue weighted by Crippen LogP contribution is 2.50. The zero-order valence-corrected chi connectivity index (χ0v) is 9.01. The van der Waals surface area contributed by atoms with Crippen LogP contribution in [0.5, 0.6) is 0 Å². The van der Waals surface area contributed by atoms with Crippen molar-refractivity contribution in [1.82, 2.24) is 5.17 Å². The van der Waals surface area contributed by atoms with Gasteiger partial charge in [0.05, 0.1) is 11.7 Å². The molecule has 0 radical (unpaired) electrons. The number of carbonyl (C=O) groups excluding carboxylic acids is 1. The number of carbonyl (C=O) groups is 1. The normalized spacial score (nSPS) is 38.6. The van der Waals surface area contributed by atoms with Gasteiger partial charge in [-0.2, -0.15) is 0 Å². The molecule has 82 valence electrons. The molecule has 3 aliphatic rings. The maximum absolute atomic E-state index is 11.8. The van der Waals surface area contributed by atoms with Crippen LogP contribution in [0.1, 0.15) is 18.9 Å². The second-order valence-corrected chi connectivity index (χ2v) is 4.96. The summed E-state index contributed by atoms with van der Waals surface area (Å²) in [5.41, 5.74) is 1.94. The Morgan fingerprint density at radius 3 is 3.12 bits per heavy atom. The van der Waals surface area contributed by atoms with E-state index in [0.717, 1.165) is 18.5 Å². The zero-order chi connectivity index (χ0) is 10.9. The van der Waals surface area contributed by atoms with Crippen molar-refractivity contribution in [3.63, 3.8) is 0 Å². The Labute approximate surface area is 93.3 Å². The lowest BCUT2D eigenvalue weighted by molar-refractivity contribution is -0.189. The van der Waals surface area contributed by atoms with Gasteiger partial charge in [0.2, 0.25) is 0 Å². The van der Waals surface area contributed by atoms with Crippen LogP contribution < -0.4 is 5.01 Å². The third kappa shape index (κ3) is 0.756. The summed E-state index contributed by atoms with van der Waals surface area (Å²) in [5, 5.41) is 3.80. The van der Waals surface area contributed by atoms with Gasteiger partial charge >= 0.3 is 5.97 Å². The second kappa shape index (κ2) is 2.40. The van der Waals surface area contributed by atoms with E-state index < -0.39 is 5.54 Å². The molecule has 0 N–H and O–H groups in total. The number of benzene rings is 1. The topological polar surface area (TPSA) is 32.8 Å². The summed E-state index contributed by atoms with van der Waals surface area (Å²) in [7, 11) is 0. The number of hydroxylamine groups is 1. The summed E-state index contributed by atoms with van der Waals surface area (Å²) in [6, 6.07) is 8.56. The van der Waals surface area contributed by atoms with Crippen LogP contribution in [-0.4, -0.2) is 22.7 Å². The van der Waals surface area contributed by atoms with Crippen LogP contribution in [-0.2, 0) is 16.1 Å². The fourth-order valence-electron chi connectivity index (χ4n) is 3.14. The number of rotatable bonds is 0. The van der Waals surface area contributed by atoms with Crippen molar-refractivity contribution in [3.05, 3.63) is 29.8 Å². The van der Waals surface area contributed by atoms with Crippen LogP contribution in [0.4, 0.5) is 5.69 Å². The minimum absolute atomic E-state index is 0.125. The third-order valence-electron chi connectivity index (χ3n) is 3.90. The molecule has 4 rings (SSSR count). The maximum atomic E-state index is 11.8. The van der Waals surface area contributed by atoms with Gasteiger partial charge in [-0.05, 0) is 30.1 Å². The van der Waals surface area contributed by atoms with E-state index in [-0.39, 0.29) is 5.97 Å². The fraction of sp³-hybridized carbons (Fsp3) is 0.417. The number of hydrazine groups is 1. The average Bonchev–Trinajstić information content (AvgIpc) is 2.63. The molecule has 4 bridgehead atoms. The Kier molecular flexibility index (Phi) is 1.29. The number of fused-ring (bicyclic) bond motifs is 1. The highest BCUT2D eigenvalue weighted by atomic mass is 16.8. The minimum Gasteiger partial charge on any atom is -0.345 e. The van der Waals surface area contributed by atoms with Crippen molar-refractivity contribution < 1.29 is 9.63 Å². The molecule has 3 aliphatic heterocycles. The van der Waals surface area contributed by atoms with Crippen LogP contribution in [0, 0.1) is 0 Å². The van der Waals surface area contributed by atoms with E-state index in [1.807, 2.05) is 24.1 Å². The summed E-state index contributed by atoms with van der Waals surface area (Å²) in [6.45, 7) is 1.97. The van der Waals surface area contributed by atoms with E-state index in [1.165, 1.54) is 5.56 Å². The standard InChI is InChI=1S/C12H12N2O2/c1-12-7-9-6-8-4-2-3-5-10(8)13(12)14(9)16-11(12)15/h2-5,9H,6-7H2,1H3/t9-,12+/m0/s1. The first-order valence-electron chi connectivity index (χ1n) is 5.60. The first-order valence-corrected chi connectivity index (χ1v) is 5.60. The Morgan fingerprint density at radius 2 is 2.25 bits per heavy atom. The Balaban J connectivity index is 1.96. The van der Waals surface area contributed by atoms with Gasteiger partial charge in [0, 0.05) is 6.42 Å². The van der Waals surface area contributed by atoms with Gasteiger partial charge in [0.25, 0.3) is 0 Å². The van der Waals surface area contributed by atoms with E-state index in [0.29, 0.717) is 6.04 Å². The fourth-order valence-corrected chi connectivity index (χ4v) is 3.14. The summed E-state index contributed by atoms with van der Waals surface area (Å²) in [4.78, 5) is 17.1. The van der Waals surface area contributed by atoms with Gasteiger partial charge in [-0.15, -0.1) is 0 Å². The van der Waals surface area contributed by atoms with Crippen molar-refractivity contribution >= 4 is 11.7 Å². The van der Waals surface area contributed by atoms with Crippen LogP contribution in [0.2, 0.25) is 0 Å². The Bertz CT molecular complexity index is 502. The zero-order valence-electron chi connectivity index (χ0n) is 9.01. The summed E-state index contributed by atoms with van der Waals surface area (Å²) in [6.07, 6.45) is 1.83. The molecule has 2 fully saturated rings. The van der Waals surface area contributed by atoms with E-state index in [1.54, 1.807) is 5.17 Å². The monoisotopic (exact) mass is 216 g/mol. The second-order valence-electron chi connectivity index (χ2n) is 4.96. The van der Waals surface area contributed by atoms with Crippen molar-refractivity contribution in [1.29, 1.82) is 0 Å². The van der Waals surface area contributed by atoms with Crippen LogP contribution >= 0.6 is 0 Å². The molecule has 3 heterocycles. The quantitative estimate of drug-likeness (QED) is 0.653.